The summed E-state index contributed by atoms with van der Waals surface area (Å²) in [6, 6.07) is 14.4. The van der Waals surface area contributed by atoms with Gasteiger partial charge >= 0.3 is 0 Å². The summed E-state index contributed by atoms with van der Waals surface area (Å²) >= 11 is 0. The molecule has 3 aromatic rings. The zero-order valence-electron chi connectivity index (χ0n) is 24.6. The molecule has 226 valence electrons. The molecule has 0 aliphatic carbocycles. The fourth-order valence-corrected chi connectivity index (χ4v) is 6.21. The van der Waals surface area contributed by atoms with Crippen LogP contribution < -0.4 is 23.7 Å². The molecule has 2 aliphatic heterocycles. The number of methoxy groups -OCH3 is 4. The molecule has 0 amide bonds. The Hall–Kier alpha value is -2.58. The molecule has 0 bridgehead atoms. The van der Waals surface area contributed by atoms with E-state index in [-0.39, 0.29) is 24.8 Å². The highest BCUT2D eigenvalue weighted by atomic mass is 35.5. The highest BCUT2D eigenvalue weighted by Gasteiger charge is 2.26. The predicted octanol–water partition coefficient (Wildman–Crippen LogP) is 6.60. The van der Waals surface area contributed by atoms with Crippen molar-refractivity contribution in [1.29, 1.82) is 0 Å². The summed E-state index contributed by atoms with van der Waals surface area (Å²) in [5.74, 6) is 4.70. The Morgan fingerprint density at radius 1 is 0.732 bits per heavy atom. The van der Waals surface area contributed by atoms with Crippen molar-refractivity contribution in [2.75, 3.05) is 61.2 Å². The van der Waals surface area contributed by atoms with Crippen molar-refractivity contribution in [3.8, 4) is 28.7 Å². The molecule has 9 heteroatoms. The molecule has 41 heavy (non-hydrogen) atoms. The monoisotopic (exact) mass is 606 g/mol. The van der Waals surface area contributed by atoms with Crippen LogP contribution in [0.5, 0.6) is 28.7 Å². The maximum Gasteiger partial charge on any atom is 0.168 e. The molecule has 0 saturated carbocycles. The second-order valence-electron chi connectivity index (χ2n) is 10.7. The molecule has 0 N–H and O–H groups in total. The van der Waals surface area contributed by atoms with Crippen LogP contribution in [0.3, 0.4) is 0 Å². The number of hydrogen-bond donors (Lipinski definition) is 0. The van der Waals surface area contributed by atoms with Gasteiger partial charge in [-0.25, -0.2) is 0 Å². The van der Waals surface area contributed by atoms with Crippen molar-refractivity contribution in [3.63, 3.8) is 0 Å². The van der Waals surface area contributed by atoms with Crippen LogP contribution in [-0.4, -0.2) is 71.0 Å². The lowest BCUT2D eigenvalue weighted by atomic mass is 10.0. The molecule has 1 atom stereocenters. The fraction of sp³-hybridized carbons (Fsp3) is 0.500. The van der Waals surface area contributed by atoms with E-state index >= 15 is 0 Å². The average molecular weight is 608 g/mol. The lowest BCUT2D eigenvalue weighted by molar-refractivity contribution is 0.177. The molecule has 2 aliphatic rings. The summed E-state index contributed by atoms with van der Waals surface area (Å²) < 4.78 is 28.4. The van der Waals surface area contributed by atoms with Gasteiger partial charge in [-0.3, -0.25) is 4.90 Å². The minimum Gasteiger partial charge on any atom is -0.493 e. The van der Waals surface area contributed by atoms with Gasteiger partial charge in [-0.1, -0.05) is 18.6 Å². The Labute approximate surface area is 256 Å². The van der Waals surface area contributed by atoms with E-state index in [1.54, 1.807) is 28.4 Å². The first kappa shape index (κ1) is 32.9. The largest absolute Gasteiger partial charge is 0.493 e. The van der Waals surface area contributed by atoms with E-state index in [2.05, 4.69) is 21.9 Å². The third kappa shape index (κ3) is 7.63. The molecule has 1 saturated heterocycles. The lowest BCUT2D eigenvalue weighted by Gasteiger charge is -2.27. The number of hydrogen-bond acceptors (Lipinski definition) is 7. The number of rotatable bonds is 11. The second-order valence-corrected chi connectivity index (χ2v) is 10.7. The molecule has 0 aromatic heterocycles. The van der Waals surface area contributed by atoms with Crippen LogP contribution in [0.1, 0.15) is 36.8 Å². The van der Waals surface area contributed by atoms with Gasteiger partial charge in [0.1, 0.15) is 5.75 Å². The first-order valence-electron chi connectivity index (χ1n) is 14.1. The van der Waals surface area contributed by atoms with Crippen LogP contribution in [0, 0.1) is 5.92 Å². The average Bonchev–Trinajstić information content (AvgIpc) is 3.22. The Morgan fingerprint density at radius 2 is 1.44 bits per heavy atom. The second kappa shape index (κ2) is 15.6. The summed E-state index contributed by atoms with van der Waals surface area (Å²) in [5.41, 5.74) is 2.72. The molecular formula is C32H44Cl2N2O5. The zero-order valence-corrected chi connectivity index (χ0v) is 26.3. The van der Waals surface area contributed by atoms with Gasteiger partial charge in [-0.05, 0) is 73.2 Å². The van der Waals surface area contributed by atoms with Gasteiger partial charge in [0.2, 0.25) is 0 Å². The van der Waals surface area contributed by atoms with E-state index in [1.165, 1.54) is 36.9 Å². The third-order valence-corrected chi connectivity index (χ3v) is 8.10. The first-order chi connectivity index (χ1) is 19.1. The maximum absolute atomic E-state index is 6.27. The van der Waals surface area contributed by atoms with Gasteiger partial charge in [0.15, 0.2) is 23.0 Å². The summed E-state index contributed by atoms with van der Waals surface area (Å²) in [6.07, 6.45) is 4.89. The van der Waals surface area contributed by atoms with Crippen LogP contribution in [0.4, 0.5) is 0 Å². The van der Waals surface area contributed by atoms with Crippen molar-refractivity contribution < 1.29 is 23.7 Å². The summed E-state index contributed by atoms with van der Waals surface area (Å²) in [6.45, 7) is 7.20. The van der Waals surface area contributed by atoms with Gasteiger partial charge in [0.05, 0.1) is 35.0 Å². The minimum atomic E-state index is 0. The van der Waals surface area contributed by atoms with Crippen LogP contribution in [0.25, 0.3) is 10.8 Å². The van der Waals surface area contributed by atoms with Gasteiger partial charge in [0, 0.05) is 43.5 Å². The number of likely N-dealkylation sites (tertiary alicyclic amines) is 1. The molecule has 0 radical (unpaired) electrons. The Balaban J connectivity index is 0.00000231. The highest BCUT2D eigenvalue weighted by Crippen LogP contribution is 2.39. The standard InChI is InChI=1S/C32H42N2O5.2ClH/c1-35-29-13-12-26-27(32(29)38-4)10-7-11-28(26)39-16-8-15-33-14-6-5-9-23(19-33)20-34-21-24-17-30(36-2)31(37-3)18-25(24)22-34;;/h7,10-13,17-18,23H,5-6,8-9,14-16,19-22H2,1-4H3;2*1H. The van der Waals surface area contributed by atoms with Crippen molar-refractivity contribution >= 4 is 35.6 Å². The third-order valence-electron chi connectivity index (χ3n) is 8.10. The van der Waals surface area contributed by atoms with Crippen LogP contribution in [0.15, 0.2) is 42.5 Å². The van der Waals surface area contributed by atoms with Crippen molar-refractivity contribution in [1.82, 2.24) is 9.80 Å². The van der Waals surface area contributed by atoms with E-state index in [0.29, 0.717) is 12.5 Å². The van der Waals surface area contributed by atoms with Gasteiger partial charge < -0.3 is 28.6 Å². The molecule has 1 unspecified atom stereocenters. The molecule has 0 spiro atoms. The van der Waals surface area contributed by atoms with Crippen LogP contribution in [0.2, 0.25) is 0 Å². The summed E-state index contributed by atoms with van der Waals surface area (Å²) in [7, 11) is 6.75. The predicted molar refractivity (Wildman–Crippen MR) is 169 cm³/mol. The smallest absolute Gasteiger partial charge is 0.168 e. The molecule has 1 fully saturated rings. The number of benzene rings is 3. The van der Waals surface area contributed by atoms with Gasteiger partial charge in [0.25, 0.3) is 0 Å². The number of nitrogens with zero attached hydrogens (tertiary/aromatic N) is 2. The van der Waals surface area contributed by atoms with Crippen LogP contribution in [-0.2, 0) is 13.1 Å². The highest BCUT2D eigenvalue weighted by molar-refractivity contribution is 5.95. The fourth-order valence-electron chi connectivity index (χ4n) is 6.21. The SMILES string of the molecule is COc1cc2c(cc1OC)CN(CC1CCCCN(CCCOc3cccc4c(OC)c(OC)ccc34)C1)C2.Cl.Cl. The Kier molecular flexibility index (Phi) is 12.5. The van der Waals surface area contributed by atoms with E-state index in [4.69, 9.17) is 23.7 Å². The Morgan fingerprint density at radius 3 is 2.10 bits per heavy atom. The number of fused-ring (bicyclic) bond motifs is 2. The van der Waals surface area contributed by atoms with E-state index in [0.717, 1.165) is 78.7 Å². The van der Waals surface area contributed by atoms with E-state index < -0.39 is 0 Å². The molecule has 7 nitrogen and oxygen atoms in total. The quantitative estimate of drug-likeness (QED) is 0.228. The van der Waals surface area contributed by atoms with E-state index in [1.807, 2.05) is 30.3 Å². The number of halogens is 2. The van der Waals surface area contributed by atoms with Gasteiger partial charge in [-0.2, -0.15) is 0 Å². The van der Waals surface area contributed by atoms with Crippen molar-refractivity contribution in [3.05, 3.63) is 53.6 Å². The van der Waals surface area contributed by atoms with E-state index in [9.17, 15) is 0 Å². The molecule has 2 heterocycles. The normalized spacial score (nSPS) is 17.1. The topological polar surface area (TPSA) is 52.6 Å². The van der Waals surface area contributed by atoms with Crippen molar-refractivity contribution in [2.45, 2.75) is 38.8 Å². The minimum absolute atomic E-state index is 0. The molecule has 5 rings (SSSR count). The lowest BCUT2D eigenvalue weighted by Crippen LogP contribution is -2.35. The summed E-state index contributed by atoms with van der Waals surface area (Å²) in [4.78, 5) is 5.23. The number of ether oxygens (including phenoxy) is 5. The Bertz CT molecular complexity index is 1240. The van der Waals surface area contributed by atoms with Gasteiger partial charge in [-0.15, -0.1) is 24.8 Å². The van der Waals surface area contributed by atoms with Crippen molar-refractivity contribution in [2.24, 2.45) is 5.92 Å². The molecule has 3 aromatic carbocycles. The maximum atomic E-state index is 6.27. The van der Waals surface area contributed by atoms with Crippen LogP contribution >= 0.6 is 24.8 Å². The summed E-state index contributed by atoms with van der Waals surface area (Å²) in [5, 5.41) is 2.05. The first-order valence-corrected chi connectivity index (χ1v) is 14.1. The zero-order chi connectivity index (χ0) is 27.2. The molecular weight excluding hydrogens is 563 g/mol.